The van der Waals surface area contributed by atoms with Gasteiger partial charge < -0.3 is 10.1 Å². The van der Waals surface area contributed by atoms with Gasteiger partial charge in [-0.25, -0.2) is 0 Å². The van der Waals surface area contributed by atoms with Crippen LogP contribution in [0.4, 0.5) is 0 Å². The van der Waals surface area contributed by atoms with Crippen LogP contribution in [-0.2, 0) is 4.74 Å². The molecule has 0 aromatic heterocycles. The van der Waals surface area contributed by atoms with Crippen LogP contribution < -0.4 is 5.32 Å². The number of rotatable bonds is 7. The Kier molecular flexibility index (Phi) is 6.32. The Morgan fingerprint density at radius 1 is 1.05 bits per heavy atom. The van der Waals surface area contributed by atoms with Gasteiger partial charge in [-0.15, -0.1) is 0 Å². The quantitative estimate of drug-likeness (QED) is 0.740. The Balaban J connectivity index is 2.72. The van der Waals surface area contributed by atoms with Gasteiger partial charge in [0.15, 0.2) is 0 Å². The molecular formula is C17H35NO. The molecule has 0 spiro atoms. The molecule has 1 rings (SSSR count). The number of ether oxygens (including phenoxy) is 1. The third-order valence-corrected chi connectivity index (χ3v) is 4.97. The standard InChI is InChI=1S/C17H35NO/c1-7-18-15(9-8-14(2)3)17(19-6)12-10-16(4,5)11-13-17/h14-15,18H,7-13H2,1-6H3. The summed E-state index contributed by atoms with van der Waals surface area (Å²) in [5.74, 6) is 0.773. The van der Waals surface area contributed by atoms with E-state index < -0.39 is 0 Å². The van der Waals surface area contributed by atoms with Gasteiger partial charge in [0.05, 0.1) is 5.60 Å². The molecule has 0 aliphatic heterocycles. The van der Waals surface area contributed by atoms with Gasteiger partial charge in [-0.1, -0.05) is 34.6 Å². The number of hydrogen-bond acceptors (Lipinski definition) is 2. The number of likely N-dealkylation sites (N-methyl/N-ethyl adjacent to an activating group) is 1. The highest BCUT2D eigenvalue weighted by atomic mass is 16.5. The molecule has 19 heavy (non-hydrogen) atoms. The van der Waals surface area contributed by atoms with Crippen LogP contribution in [-0.4, -0.2) is 25.3 Å². The molecule has 0 aromatic carbocycles. The van der Waals surface area contributed by atoms with E-state index in [-0.39, 0.29) is 5.60 Å². The first kappa shape index (κ1) is 17.0. The second-order valence-electron chi connectivity index (χ2n) is 7.51. The summed E-state index contributed by atoms with van der Waals surface area (Å²) in [6, 6.07) is 0.515. The maximum atomic E-state index is 6.06. The molecule has 2 heteroatoms. The summed E-state index contributed by atoms with van der Waals surface area (Å²) in [7, 11) is 1.91. The van der Waals surface area contributed by atoms with Gasteiger partial charge in [-0.3, -0.25) is 0 Å². The van der Waals surface area contributed by atoms with Crippen molar-refractivity contribution in [2.24, 2.45) is 11.3 Å². The Morgan fingerprint density at radius 3 is 2.05 bits per heavy atom. The van der Waals surface area contributed by atoms with Crippen molar-refractivity contribution >= 4 is 0 Å². The fourth-order valence-corrected chi connectivity index (χ4v) is 3.34. The lowest BCUT2D eigenvalue weighted by molar-refractivity contribution is -0.0883. The third kappa shape index (κ3) is 4.75. The molecule has 1 atom stereocenters. The minimum absolute atomic E-state index is 0.0699. The van der Waals surface area contributed by atoms with E-state index in [1.54, 1.807) is 0 Å². The lowest BCUT2D eigenvalue weighted by atomic mass is 9.67. The maximum Gasteiger partial charge on any atom is 0.0831 e. The van der Waals surface area contributed by atoms with Crippen molar-refractivity contribution in [2.75, 3.05) is 13.7 Å². The van der Waals surface area contributed by atoms with Crippen molar-refractivity contribution in [1.82, 2.24) is 5.32 Å². The zero-order valence-electron chi connectivity index (χ0n) is 14.0. The Hall–Kier alpha value is -0.0800. The zero-order chi connectivity index (χ0) is 14.5. The first-order chi connectivity index (χ1) is 8.85. The average molecular weight is 269 g/mol. The summed E-state index contributed by atoms with van der Waals surface area (Å²) in [6.07, 6.45) is 7.49. The summed E-state index contributed by atoms with van der Waals surface area (Å²) >= 11 is 0. The molecule has 0 radical (unpaired) electrons. The Labute approximate surface area is 120 Å². The topological polar surface area (TPSA) is 21.3 Å². The molecular weight excluding hydrogens is 234 g/mol. The molecule has 1 fully saturated rings. The molecule has 1 aliphatic carbocycles. The van der Waals surface area contributed by atoms with Gasteiger partial charge in [-0.2, -0.15) is 0 Å². The van der Waals surface area contributed by atoms with E-state index in [2.05, 4.69) is 39.9 Å². The third-order valence-electron chi connectivity index (χ3n) is 4.97. The van der Waals surface area contributed by atoms with Gasteiger partial charge in [0.2, 0.25) is 0 Å². The van der Waals surface area contributed by atoms with Crippen LogP contribution in [0, 0.1) is 11.3 Å². The van der Waals surface area contributed by atoms with Gasteiger partial charge in [-0.05, 0) is 56.4 Å². The first-order valence-corrected chi connectivity index (χ1v) is 8.14. The smallest absolute Gasteiger partial charge is 0.0831 e. The summed E-state index contributed by atoms with van der Waals surface area (Å²) < 4.78 is 6.06. The van der Waals surface area contributed by atoms with E-state index in [0.29, 0.717) is 11.5 Å². The fourth-order valence-electron chi connectivity index (χ4n) is 3.34. The average Bonchev–Trinajstić information content (AvgIpc) is 2.35. The van der Waals surface area contributed by atoms with Crippen molar-refractivity contribution in [1.29, 1.82) is 0 Å². The van der Waals surface area contributed by atoms with Crippen molar-refractivity contribution < 1.29 is 4.74 Å². The molecule has 0 saturated heterocycles. The predicted molar refractivity (Wildman–Crippen MR) is 83.5 cm³/mol. The molecule has 1 N–H and O–H groups in total. The van der Waals surface area contributed by atoms with Crippen LogP contribution in [0.3, 0.4) is 0 Å². The lowest BCUT2D eigenvalue weighted by Crippen LogP contribution is -2.54. The highest BCUT2D eigenvalue weighted by Crippen LogP contribution is 2.44. The van der Waals surface area contributed by atoms with Crippen LogP contribution in [0.15, 0.2) is 0 Å². The first-order valence-electron chi connectivity index (χ1n) is 8.14. The van der Waals surface area contributed by atoms with E-state index in [1.165, 1.54) is 38.5 Å². The van der Waals surface area contributed by atoms with Crippen LogP contribution in [0.25, 0.3) is 0 Å². The predicted octanol–water partition coefficient (Wildman–Crippen LogP) is 4.39. The van der Waals surface area contributed by atoms with E-state index in [0.717, 1.165) is 12.5 Å². The molecule has 0 bridgehead atoms. The molecule has 0 heterocycles. The monoisotopic (exact) mass is 269 g/mol. The molecule has 114 valence electrons. The molecule has 1 unspecified atom stereocenters. The Morgan fingerprint density at radius 2 is 1.63 bits per heavy atom. The summed E-state index contributed by atoms with van der Waals surface area (Å²) in [6.45, 7) is 12.7. The highest BCUT2D eigenvalue weighted by molar-refractivity contribution is 4.98. The van der Waals surface area contributed by atoms with Crippen LogP contribution >= 0.6 is 0 Å². The normalized spacial score (nSPS) is 23.5. The second-order valence-corrected chi connectivity index (χ2v) is 7.51. The minimum atomic E-state index is 0.0699. The summed E-state index contributed by atoms with van der Waals surface area (Å²) in [5.41, 5.74) is 0.567. The van der Waals surface area contributed by atoms with Gasteiger partial charge in [0.25, 0.3) is 0 Å². The minimum Gasteiger partial charge on any atom is -0.377 e. The molecule has 2 nitrogen and oxygen atoms in total. The fraction of sp³-hybridized carbons (Fsp3) is 1.00. The van der Waals surface area contributed by atoms with Crippen molar-refractivity contribution in [3.63, 3.8) is 0 Å². The molecule has 1 saturated carbocycles. The van der Waals surface area contributed by atoms with E-state index in [1.807, 2.05) is 7.11 Å². The van der Waals surface area contributed by atoms with Gasteiger partial charge in [0.1, 0.15) is 0 Å². The number of nitrogens with one attached hydrogen (secondary N) is 1. The van der Waals surface area contributed by atoms with Gasteiger partial charge in [0, 0.05) is 13.2 Å². The van der Waals surface area contributed by atoms with Crippen molar-refractivity contribution in [2.45, 2.75) is 84.8 Å². The zero-order valence-corrected chi connectivity index (χ0v) is 14.0. The summed E-state index contributed by atoms with van der Waals surface area (Å²) in [5, 5.41) is 3.70. The molecule has 0 amide bonds. The van der Waals surface area contributed by atoms with Crippen LogP contribution in [0.1, 0.15) is 73.1 Å². The molecule has 0 aromatic rings. The summed E-state index contributed by atoms with van der Waals surface area (Å²) in [4.78, 5) is 0. The van der Waals surface area contributed by atoms with E-state index in [4.69, 9.17) is 4.74 Å². The van der Waals surface area contributed by atoms with Crippen molar-refractivity contribution in [3.05, 3.63) is 0 Å². The second kappa shape index (κ2) is 7.08. The Bertz CT molecular complexity index is 250. The van der Waals surface area contributed by atoms with Crippen LogP contribution in [0.2, 0.25) is 0 Å². The SMILES string of the molecule is CCNC(CCC(C)C)C1(OC)CCC(C)(C)CC1. The van der Waals surface area contributed by atoms with Crippen LogP contribution in [0.5, 0.6) is 0 Å². The lowest BCUT2D eigenvalue weighted by Gasteiger charge is -2.47. The number of hydrogen-bond donors (Lipinski definition) is 1. The molecule has 1 aliphatic rings. The van der Waals surface area contributed by atoms with E-state index >= 15 is 0 Å². The van der Waals surface area contributed by atoms with E-state index in [9.17, 15) is 0 Å². The number of methoxy groups -OCH3 is 1. The highest BCUT2D eigenvalue weighted by Gasteiger charge is 2.43. The van der Waals surface area contributed by atoms with Gasteiger partial charge >= 0.3 is 0 Å². The largest absolute Gasteiger partial charge is 0.377 e. The maximum absolute atomic E-state index is 6.06. The van der Waals surface area contributed by atoms with Crippen molar-refractivity contribution in [3.8, 4) is 0 Å².